The highest BCUT2D eigenvalue weighted by Gasteiger charge is 2.27. The summed E-state index contributed by atoms with van der Waals surface area (Å²) in [6.07, 6.45) is 4.56. The van der Waals surface area contributed by atoms with Crippen LogP contribution in [-0.4, -0.2) is 41.5 Å². The van der Waals surface area contributed by atoms with Gasteiger partial charge in [-0.05, 0) is 36.6 Å². The summed E-state index contributed by atoms with van der Waals surface area (Å²) in [5.41, 5.74) is 2.55. The van der Waals surface area contributed by atoms with Crippen molar-refractivity contribution in [1.29, 1.82) is 0 Å². The summed E-state index contributed by atoms with van der Waals surface area (Å²) in [5.74, 6) is 0.227. The molecule has 0 spiro atoms. The molecule has 3 aromatic rings. The van der Waals surface area contributed by atoms with Crippen LogP contribution in [-0.2, 0) is 14.3 Å². The summed E-state index contributed by atoms with van der Waals surface area (Å²) in [6, 6.07) is 17.2. The Morgan fingerprint density at radius 1 is 1.07 bits per heavy atom. The number of aromatic nitrogens is 1. The van der Waals surface area contributed by atoms with Crippen LogP contribution in [0.15, 0.2) is 65.1 Å². The number of nitrogens with zero attached hydrogens (tertiary/aromatic N) is 2. The minimum atomic E-state index is -0.524. The van der Waals surface area contributed by atoms with E-state index in [0.717, 1.165) is 35.4 Å². The molecule has 1 fully saturated rings. The van der Waals surface area contributed by atoms with E-state index in [9.17, 15) is 9.59 Å². The summed E-state index contributed by atoms with van der Waals surface area (Å²) in [5, 5.41) is 0. The van der Waals surface area contributed by atoms with Gasteiger partial charge >= 0.3 is 5.97 Å². The topological polar surface area (TPSA) is 72.6 Å². The Labute approximate surface area is 168 Å². The van der Waals surface area contributed by atoms with Crippen molar-refractivity contribution >= 4 is 29.1 Å². The number of amides is 1. The van der Waals surface area contributed by atoms with Crippen molar-refractivity contribution in [2.24, 2.45) is 0 Å². The Hall–Kier alpha value is -3.41. The number of rotatable bonds is 5. The van der Waals surface area contributed by atoms with Crippen molar-refractivity contribution in [1.82, 2.24) is 9.88 Å². The largest absolute Gasteiger partial charge is 0.452 e. The first-order valence-electron chi connectivity index (χ1n) is 9.72. The number of piperidine rings is 1. The molecule has 2 heterocycles. The second-order valence-electron chi connectivity index (χ2n) is 7.03. The van der Waals surface area contributed by atoms with E-state index in [4.69, 9.17) is 9.15 Å². The van der Waals surface area contributed by atoms with Crippen molar-refractivity contribution in [3.8, 4) is 0 Å². The number of hydrogen-bond donors (Lipinski definition) is 0. The second-order valence-corrected chi connectivity index (χ2v) is 7.03. The van der Waals surface area contributed by atoms with E-state index in [1.165, 1.54) is 6.08 Å². The Bertz CT molecular complexity index is 985. The molecule has 6 heteroatoms. The molecule has 1 aliphatic heterocycles. The van der Waals surface area contributed by atoms with Gasteiger partial charge in [0, 0.05) is 25.1 Å². The van der Waals surface area contributed by atoms with Crippen LogP contribution in [0.3, 0.4) is 0 Å². The number of ether oxygens (including phenoxy) is 1. The SMILES string of the molecule is O=C(/C=C/c1ccccc1)OCC(=O)N1CCC(c2nc3ccccc3o2)CC1. The lowest BCUT2D eigenvalue weighted by atomic mass is 9.97. The molecule has 0 saturated carbocycles. The van der Waals surface area contributed by atoms with Crippen LogP contribution < -0.4 is 0 Å². The fourth-order valence-electron chi connectivity index (χ4n) is 3.44. The molecule has 0 atom stereocenters. The van der Waals surface area contributed by atoms with Gasteiger partial charge in [0.2, 0.25) is 0 Å². The van der Waals surface area contributed by atoms with Crippen molar-refractivity contribution in [3.05, 3.63) is 72.1 Å². The lowest BCUT2D eigenvalue weighted by Gasteiger charge is -2.30. The molecular weight excluding hydrogens is 368 g/mol. The van der Waals surface area contributed by atoms with Crippen LogP contribution in [0.1, 0.15) is 30.2 Å². The van der Waals surface area contributed by atoms with Crippen molar-refractivity contribution in [2.75, 3.05) is 19.7 Å². The summed E-state index contributed by atoms with van der Waals surface area (Å²) in [4.78, 5) is 30.5. The average molecular weight is 390 g/mol. The molecule has 0 N–H and O–H groups in total. The minimum Gasteiger partial charge on any atom is -0.452 e. The zero-order valence-corrected chi connectivity index (χ0v) is 16.0. The van der Waals surface area contributed by atoms with Gasteiger partial charge in [0.25, 0.3) is 5.91 Å². The van der Waals surface area contributed by atoms with Crippen LogP contribution in [0.2, 0.25) is 0 Å². The molecule has 0 aliphatic carbocycles. The normalized spacial score (nSPS) is 15.1. The lowest BCUT2D eigenvalue weighted by molar-refractivity contribution is -0.148. The van der Waals surface area contributed by atoms with E-state index in [0.29, 0.717) is 13.1 Å². The lowest BCUT2D eigenvalue weighted by Crippen LogP contribution is -2.40. The molecule has 1 saturated heterocycles. The number of benzene rings is 2. The highest BCUT2D eigenvalue weighted by Crippen LogP contribution is 2.29. The van der Waals surface area contributed by atoms with Crippen LogP contribution in [0.25, 0.3) is 17.2 Å². The highest BCUT2D eigenvalue weighted by molar-refractivity contribution is 5.89. The van der Waals surface area contributed by atoms with E-state index in [1.807, 2.05) is 54.6 Å². The van der Waals surface area contributed by atoms with Crippen molar-refractivity contribution in [3.63, 3.8) is 0 Å². The Morgan fingerprint density at radius 3 is 2.55 bits per heavy atom. The standard InChI is InChI=1S/C23H22N2O4/c26-21(16-28-22(27)11-10-17-6-2-1-3-7-17)25-14-12-18(13-15-25)23-24-19-8-4-5-9-20(19)29-23/h1-11,18H,12-16H2/b11-10+. The number of likely N-dealkylation sites (tertiary alicyclic amines) is 1. The number of oxazole rings is 1. The Balaban J connectivity index is 1.24. The number of para-hydroxylation sites is 2. The number of hydrogen-bond acceptors (Lipinski definition) is 5. The molecule has 0 bridgehead atoms. The van der Waals surface area contributed by atoms with Gasteiger partial charge in [0.1, 0.15) is 5.52 Å². The van der Waals surface area contributed by atoms with Crippen LogP contribution in [0, 0.1) is 0 Å². The predicted molar refractivity (Wildman–Crippen MR) is 109 cm³/mol. The van der Waals surface area contributed by atoms with Crippen molar-refractivity contribution in [2.45, 2.75) is 18.8 Å². The molecule has 1 aliphatic rings. The summed E-state index contributed by atoms with van der Waals surface area (Å²) >= 11 is 0. The first kappa shape index (κ1) is 18.9. The number of carbonyl (C=O) groups is 2. The summed E-state index contributed by atoms with van der Waals surface area (Å²) in [7, 11) is 0. The van der Waals surface area contributed by atoms with E-state index >= 15 is 0 Å². The molecule has 6 nitrogen and oxygen atoms in total. The van der Waals surface area contributed by atoms with Gasteiger partial charge in [-0.15, -0.1) is 0 Å². The molecule has 29 heavy (non-hydrogen) atoms. The maximum Gasteiger partial charge on any atom is 0.331 e. The van der Waals surface area contributed by atoms with Gasteiger partial charge in [-0.1, -0.05) is 42.5 Å². The summed E-state index contributed by atoms with van der Waals surface area (Å²) in [6.45, 7) is 0.949. The third kappa shape index (κ3) is 4.71. The van der Waals surface area contributed by atoms with Crippen LogP contribution in [0.5, 0.6) is 0 Å². The molecule has 1 amide bonds. The number of carbonyl (C=O) groups excluding carboxylic acids is 2. The minimum absolute atomic E-state index is 0.178. The first-order valence-corrected chi connectivity index (χ1v) is 9.72. The van der Waals surface area contributed by atoms with Gasteiger partial charge in [0.05, 0.1) is 0 Å². The van der Waals surface area contributed by atoms with E-state index in [2.05, 4.69) is 4.98 Å². The maximum atomic E-state index is 12.3. The second kappa shape index (κ2) is 8.73. The fourth-order valence-corrected chi connectivity index (χ4v) is 3.44. The predicted octanol–water partition coefficient (Wildman–Crippen LogP) is 3.79. The third-order valence-corrected chi connectivity index (χ3v) is 5.06. The summed E-state index contributed by atoms with van der Waals surface area (Å²) < 4.78 is 10.9. The average Bonchev–Trinajstić information content (AvgIpc) is 3.21. The van der Waals surface area contributed by atoms with E-state index < -0.39 is 5.97 Å². The van der Waals surface area contributed by atoms with Gasteiger partial charge < -0.3 is 14.1 Å². The Morgan fingerprint density at radius 2 is 1.79 bits per heavy atom. The third-order valence-electron chi connectivity index (χ3n) is 5.06. The first-order chi connectivity index (χ1) is 14.2. The van der Waals surface area contributed by atoms with Crippen LogP contribution in [0.4, 0.5) is 0 Å². The number of esters is 1. The Kier molecular flexibility index (Phi) is 5.70. The molecular formula is C23H22N2O4. The monoisotopic (exact) mass is 390 g/mol. The van der Waals surface area contributed by atoms with Gasteiger partial charge in [-0.2, -0.15) is 0 Å². The zero-order valence-electron chi connectivity index (χ0n) is 16.0. The molecule has 0 radical (unpaired) electrons. The van der Waals surface area contributed by atoms with E-state index in [1.54, 1.807) is 11.0 Å². The van der Waals surface area contributed by atoms with Gasteiger partial charge in [-0.3, -0.25) is 4.79 Å². The van der Waals surface area contributed by atoms with Crippen molar-refractivity contribution < 1.29 is 18.7 Å². The maximum absolute atomic E-state index is 12.3. The molecule has 148 valence electrons. The van der Waals surface area contributed by atoms with Gasteiger partial charge in [0.15, 0.2) is 18.1 Å². The number of fused-ring (bicyclic) bond motifs is 1. The quantitative estimate of drug-likeness (QED) is 0.490. The zero-order chi connectivity index (χ0) is 20.1. The molecule has 0 unspecified atom stereocenters. The molecule has 2 aromatic carbocycles. The van der Waals surface area contributed by atoms with E-state index in [-0.39, 0.29) is 18.4 Å². The highest BCUT2D eigenvalue weighted by atomic mass is 16.5. The molecule has 1 aromatic heterocycles. The van der Waals surface area contributed by atoms with Crippen LogP contribution >= 0.6 is 0 Å². The molecule has 4 rings (SSSR count). The smallest absolute Gasteiger partial charge is 0.331 e. The van der Waals surface area contributed by atoms with Gasteiger partial charge in [-0.25, -0.2) is 9.78 Å². The fraction of sp³-hybridized carbons (Fsp3) is 0.261.